The van der Waals surface area contributed by atoms with Gasteiger partial charge in [0.25, 0.3) is 0 Å². The van der Waals surface area contributed by atoms with E-state index >= 15 is 0 Å². The van der Waals surface area contributed by atoms with E-state index < -0.39 is 0 Å². The first-order valence-electron chi connectivity index (χ1n) is 7.22. The monoisotopic (exact) mass is 314 g/mol. The molecule has 0 saturated heterocycles. The Morgan fingerprint density at radius 1 is 0.826 bits per heavy atom. The fraction of sp³-hybridized carbons (Fsp3) is 0. The minimum Gasteiger partial charge on any atom is -0.254 e. The van der Waals surface area contributed by atoms with Crippen molar-refractivity contribution in [2.45, 2.75) is 0 Å². The van der Waals surface area contributed by atoms with E-state index in [0.717, 1.165) is 37.1 Å². The third kappa shape index (κ3) is 1.90. The average Bonchev–Trinajstić information content (AvgIpc) is 2.99. The van der Waals surface area contributed by atoms with Crippen molar-refractivity contribution in [3.8, 4) is 11.4 Å². The smallest absolute Gasteiger partial charge is 0.127 e. The second-order valence-corrected chi connectivity index (χ2v) is 6.32. The van der Waals surface area contributed by atoms with E-state index in [1.165, 1.54) is 5.39 Å². The van der Waals surface area contributed by atoms with Gasteiger partial charge in [0, 0.05) is 39.4 Å². The molecule has 0 saturated carbocycles. The van der Waals surface area contributed by atoms with Crippen LogP contribution in [0.25, 0.3) is 42.5 Å². The minimum atomic E-state index is 0.883. The molecule has 108 valence electrons. The van der Waals surface area contributed by atoms with Crippen molar-refractivity contribution >= 4 is 42.4 Å². The van der Waals surface area contributed by atoms with E-state index in [2.05, 4.69) is 38.1 Å². The van der Waals surface area contributed by atoms with Crippen LogP contribution in [0.4, 0.5) is 0 Å². The zero-order valence-corrected chi connectivity index (χ0v) is 12.8. The third-order valence-electron chi connectivity index (χ3n) is 3.95. The highest BCUT2D eigenvalue weighted by Crippen LogP contribution is 2.34. The molecule has 4 nitrogen and oxygen atoms in total. The van der Waals surface area contributed by atoms with Gasteiger partial charge in [-0.05, 0) is 17.5 Å². The Balaban J connectivity index is 1.81. The second-order valence-electron chi connectivity index (χ2n) is 5.29. The zero-order chi connectivity index (χ0) is 15.2. The number of aromatic nitrogens is 4. The maximum atomic E-state index is 4.64. The molecule has 0 aliphatic carbocycles. The molecular weight excluding hydrogens is 304 g/mol. The maximum Gasteiger partial charge on any atom is 0.127 e. The lowest BCUT2D eigenvalue weighted by Crippen LogP contribution is -1.88. The highest BCUT2D eigenvalue weighted by Gasteiger charge is 2.11. The minimum absolute atomic E-state index is 0.883. The van der Waals surface area contributed by atoms with Gasteiger partial charge in [-0.3, -0.25) is 9.97 Å². The number of pyridine rings is 2. The van der Waals surface area contributed by atoms with Gasteiger partial charge in [-0.2, -0.15) is 0 Å². The van der Waals surface area contributed by atoms with Crippen molar-refractivity contribution in [3.63, 3.8) is 0 Å². The summed E-state index contributed by atoms with van der Waals surface area (Å²) in [6.07, 6.45) is 7.16. The van der Waals surface area contributed by atoms with Gasteiger partial charge in [0.2, 0.25) is 0 Å². The molecule has 0 amide bonds. The number of thiophene rings is 1. The topological polar surface area (TPSA) is 51.6 Å². The summed E-state index contributed by atoms with van der Waals surface area (Å²) in [4.78, 5) is 18.6. The van der Waals surface area contributed by atoms with Crippen LogP contribution in [0, 0.1) is 0 Å². The fourth-order valence-corrected chi connectivity index (χ4v) is 3.89. The second kappa shape index (κ2) is 4.79. The Labute approximate surface area is 135 Å². The summed E-state index contributed by atoms with van der Waals surface area (Å²) in [5.74, 6) is 0. The first kappa shape index (κ1) is 12.6. The Morgan fingerprint density at radius 3 is 2.78 bits per heavy atom. The van der Waals surface area contributed by atoms with Gasteiger partial charge in [-0.25, -0.2) is 9.97 Å². The van der Waals surface area contributed by atoms with Gasteiger partial charge in [0.1, 0.15) is 11.2 Å². The normalized spacial score (nSPS) is 11.5. The molecule has 0 atom stereocenters. The number of hydrogen-bond donors (Lipinski definition) is 0. The van der Waals surface area contributed by atoms with Crippen molar-refractivity contribution in [2.24, 2.45) is 0 Å². The first-order chi connectivity index (χ1) is 11.4. The van der Waals surface area contributed by atoms with Crippen molar-refractivity contribution < 1.29 is 0 Å². The van der Waals surface area contributed by atoms with Crippen molar-refractivity contribution in [2.75, 3.05) is 0 Å². The molecule has 0 spiro atoms. The number of nitrogens with zero attached hydrogens (tertiary/aromatic N) is 4. The lowest BCUT2D eigenvalue weighted by Gasteiger charge is -2.05. The molecule has 0 aliphatic heterocycles. The van der Waals surface area contributed by atoms with Gasteiger partial charge in [-0.15, -0.1) is 11.3 Å². The van der Waals surface area contributed by atoms with Crippen LogP contribution in [0.2, 0.25) is 0 Å². The summed E-state index contributed by atoms with van der Waals surface area (Å²) < 4.78 is 1.15. The summed E-state index contributed by atoms with van der Waals surface area (Å²) in [5, 5.41) is 4.43. The number of benzene rings is 1. The molecule has 5 aromatic rings. The van der Waals surface area contributed by atoms with Gasteiger partial charge >= 0.3 is 0 Å². The molecule has 0 radical (unpaired) electrons. The van der Waals surface area contributed by atoms with E-state index in [0.29, 0.717) is 0 Å². The van der Waals surface area contributed by atoms with Crippen LogP contribution in [0.3, 0.4) is 0 Å². The van der Waals surface area contributed by atoms with Crippen LogP contribution in [-0.2, 0) is 0 Å². The van der Waals surface area contributed by atoms with Crippen molar-refractivity contribution in [1.29, 1.82) is 0 Å². The maximum absolute atomic E-state index is 4.64. The standard InChI is InChI=1S/C18H10N4S/c1-2-4-12-11(3-1)5-6-20-17(12)15-7-16-13(9-21-15)14-8-19-10-22-18(14)23-16/h1-10H. The van der Waals surface area contributed by atoms with Gasteiger partial charge in [-0.1, -0.05) is 24.3 Å². The summed E-state index contributed by atoms with van der Waals surface area (Å²) in [6, 6.07) is 12.4. The lowest BCUT2D eigenvalue weighted by molar-refractivity contribution is 1.24. The molecule has 5 heteroatoms. The Hall–Kier alpha value is -2.92. The van der Waals surface area contributed by atoms with Crippen molar-refractivity contribution in [3.05, 3.63) is 61.3 Å². The van der Waals surface area contributed by atoms with Crippen LogP contribution >= 0.6 is 11.3 Å². The van der Waals surface area contributed by atoms with Crippen LogP contribution < -0.4 is 0 Å². The molecule has 4 aromatic heterocycles. The summed E-state index contributed by atoms with van der Waals surface area (Å²) in [5.41, 5.74) is 1.79. The van der Waals surface area contributed by atoms with Gasteiger partial charge < -0.3 is 0 Å². The number of fused-ring (bicyclic) bond motifs is 4. The summed E-state index contributed by atoms with van der Waals surface area (Å²) >= 11 is 1.66. The van der Waals surface area contributed by atoms with Gasteiger partial charge in [0.05, 0.1) is 11.4 Å². The van der Waals surface area contributed by atoms with E-state index in [4.69, 9.17) is 0 Å². The Bertz CT molecular complexity index is 1170. The molecule has 1 aromatic carbocycles. The van der Waals surface area contributed by atoms with E-state index in [1.54, 1.807) is 17.7 Å². The quantitative estimate of drug-likeness (QED) is 0.458. The largest absolute Gasteiger partial charge is 0.254 e. The highest BCUT2D eigenvalue weighted by atomic mass is 32.1. The predicted molar refractivity (Wildman–Crippen MR) is 93.5 cm³/mol. The molecule has 5 rings (SSSR count). The molecule has 0 bridgehead atoms. The highest BCUT2D eigenvalue weighted by molar-refractivity contribution is 7.25. The van der Waals surface area contributed by atoms with Crippen LogP contribution in [0.15, 0.2) is 61.3 Å². The molecule has 0 fully saturated rings. The molecule has 23 heavy (non-hydrogen) atoms. The van der Waals surface area contributed by atoms with Crippen LogP contribution in [-0.4, -0.2) is 19.9 Å². The molecule has 0 N–H and O–H groups in total. The van der Waals surface area contributed by atoms with E-state index in [-0.39, 0.29) is 0 Å². The molecular formula is C18H10N4S. The SMILES string of the molecule is c1ccc2c(-c3cc4sc5ncncc5c4cn3)nccc2c1. The first-order valence-corrected chi connectivity index (χ1v) is 8.04. The molecule has 0 aliphatic rings. The molecule has 0 unspecified atom stereocenters. The fourth-order valence-electron chi connectivity index (χ4n) is 2.87. The molecule has 4 heterocycles. The average molecular weight is 314 g/mol. The van der Waals surface area contributed by atoms with Crippen molar-refractivity contribution in [1.82, 2.24) is 19.9 Å². The summed E-state index contributed by atoms with van der Waals surface area (Å²) in [6.45, 7) is 0. The van der Waals surface area contributed by atoms with Gasteiger partial charge in [0.15, 0.2) is 0 Å². The van der Waals surface area contributed by atoms with E-state index in [1.807, 2.05) is 36.8 Å². The lowest BCUT2D eigenvalue weighted by atomic mass is 10.1. The number of rotatable bonds is 1. The van der Waals surface area contributed by atoms with E-state index in [9.17, 15) is 0 Å². The summed E-state index contributed by atoms with van der Waals surface area (Å²) in [7, 11) is 0. The van der Waals surface area contributed by atoms with Crippen LogP contribution in [0.5, 0.6) is 0 Å². The predicted octanol–water partition coefficient (Wildman–Crippen LogP) is 4.45. The van der Waals surface area contributed by atoms with Crippen LogP contribution in [0.1, 0.15) is 0 Å². The third-order valence-corrected chi connectivity index (χ3v) is 5.03. The zero-order valence-electron chi connectivity index (χ0n) is 12.0. The Morgan fingerprint density at radius 2 is 1.78 bits per heavy atom. The number of hydrogen-bond acceptors (Lipinski definition) is 5. The Kier molecular flexibility index (Phi) is 2.63.